The minimum absolute atomic E-state index is 0.000123. The quantitative estimate of drug-likeness (QED) is 0.839. The van der Waals surface area contributed by atoms with E-state index in [2.05, 4.69) is 24.1 Å². The van der Waals surface area contributed by atoms with Gasteiger partial charge in [0.15, 0.2) is 0 Å². The summed E-state index contributed by atoms with van der Waals surface area (Å²) in [5, 5.41) is 3.08. The van der Waals surface area contributed by atoms with Crippen LogP contribution in [0, 0.1) is 17.3 Å². The van der Waals surface area contributed by atoms with Crippen molar-refractivity contribution < 1.29 is 4.79 Å². The molecule has 0 radical (unpaired) electrons. The summed E-state index contributed by atoms with van der Waals surface area (Å²) >= 11 is 0. The molecule has 1 aliphatic carbocycles. The van der Waals surface area contributed by atoms with Crippen molar-refractivity contribution in [2.75, 3.05) is 13.1 Å². The fraction of sp³-hybridized carbons (Fsp3) is 0.500. The monoisotopic (exact) mass is 284 g/mol. The van der Waals surface area contributed by atoms with Gasteiger partial charge in [-0.25, -0.2) is 0 Å². The average molecular weight is 284 g/mol. The third-order valence-corrected chi connectivity index (χ3v) is 4.22. The molecule has 0 aliphatic heterocycles. The molecular weight excluding hydrogens is 260 g/mol. The van der Waals surface area contributed by atoms with Crippen molar-refractivity contribution in [2.45, 2.75) is 39.0 Å². The molecule has 3 N–H and O–H groups in total. The van der Waals surface area contributed by atoms with Crippen molar-refractivity contribution in [3.63, 3.8) is 0 Å². The number of nitrogens with one attached hydrogen (secondary N) is 1. The smallest absolute Gasteiger partial charge is 0.251 e. The highest BCUT2D eigenvalue weighted by molar-refractivity contribution is 5.94. The van der Waals surface area contributed by atoms with Gasteiger partial charge in [0.05, 0.1) is 6.54 Å². The lowest BCUT2D eigenvalue weighted by Crippen LogP contribution is -2.37. The summed E-state index contributed by atoms with van der Waals surface area (Å²) in [5.74, 6) is 5.76. The van der Waals surface area contributed by atoms with Gasteiger partial charge >= 0.3 is 0 Å². The van der Waals surface area contributed by atoms with Gasteiger partial charge in [-0.3, -0.25) is 4.79 Å². The van der Waals surface area contributed by atoms with E-state index in [0.29, 0.717) is 12.1 Å². The maximum absolute atomic E-state index is 12.2. The van der Waals surface area contributed by atoms with E-state index in [0.717, 1.165) is 12.1 Å². The van der Waals surface area contributed by atoms with E-state index in [1.54, 1.807) is 0 Å². The molecule has 0 atom stereocenters. The molecule has 0 heterocycles. The van der Waals surface area contributed by atoms with Gasteiger partial charge in [0.2, 0.25) is 0 Å². The SMILES string of the molecule is CC1(CNC(=O)c2ccc(C#CCN)cc2)CCCCC1. The first-order valence-electron chi connectivity index (χ1n) is 7.70. The third-order valence-electron chi connectivity index (χ3n) is 4.22. The molecule has 0 bridgehead atoms. The predicted octanol–water partition coefficient (Wildman–Crippen LogP) is 2.70. The van der Waals surface area contributed by atoms with Gasteiger partial charge < -0.3 is 11.1 Å². The zero-order valence-electron chi connectivity index (χ0n) is 12.7. The number of hydrogen-bond acceptors (Lipinski definition) is 2. The molecule has 3 heteroatoms. The van der Waals surface area contributed by atoms with Crippen LogP contribution in [-0.4, -0.2) is 19.0 Å². The maximum Gasteiger partial charge on any atom is 0.251 e. The summed E-state index contributed by atoms with van der Waals surface area (Å²) in [6, 6.07) is 7.36. The maximum atomic E-state index is 12.2. The molecule has 0 aromatic heterocycles. The number of hydrogen-bond donors (Lipinski definition) is 2. The van der Waals surface area contributed by atoms with Gasteiger partial charge in [-0.2, -0.15) is 0 Å². The van der Waals surface area contributed by atoms with Gasteiger partial charge in [-0.05, 0) is 42.5 Å². The number of carbonyl (C=O) groups is 1. The molecular formula is C18H24N2O. The molecule has 1 aromatic carbocycles. The highest BCUT2D eigenvalue weighted by Crippen LogP contribution is 2.34. The van der Waals surface area contributed by atoms with Crippen LogP contribution in [0.2, 0.25) is 0 Å². The van der Waals surface area contributed by atoms with E-state index in [-0.39, 0.29) is 11.3 Å². The fourth-order valence-electron chi connectivity index (χ4n) is 2.84. The summed E-state index contributed by atoms with van der Waals surface area (Å²) in [7, 11) is 0. The van der Waals surface area contributed by atoms with E-state index in [1.807, 2.05) is 24.3 Å². The standard InChI is InChI=1S/C18H24N2O/c1-18(11-3-2-4-12-18)14-20-17(21)16-9-7-15(8-10-16)6-5-13-19/h7-10H,2-4,11-14,19H2,1H3,(H,20,21). The highest BCUT2D eigenvalue weighted by Gasteiger charge is 2.27. The molecule has 1 saturated carbocycles. The van der Waals surface area contributed by atoms with Crippen molar-refractivity contribution in [1.82, 2.24) is 5.32 Å². The van der Waals surface area contributed by atoms with Crippen LogP contribution in [0.5, 0.6) is 0 Å². The van der Waals surface area contributed by atoms with Crippen LogP contribution >= 0.6 is 0 Å². The normalized spacial score (nSPS) is 16.7. The lowest BCUT2D eigenvalue weighted by atomic mass is 9.76. The largest absolute Gasteiger partial charge is 0.351 e. The Balaban J connectivity index is 1.91. The summed E-state index contributed by atoms with van der Waals surface area (Å²) in [6.45, 7) is 3.39. The average Bonchev–Trinajstić information content (AvgIpc) is 2.52. The number of rotatable bonds is 3. The number of nitrogens with two attached hydrogens (primary N) is 1. The third kappa shape index (κ3) is 4.61. The molecule has 3 nitrogen and oxygen atoms in total. The molecule has 1 aromatic rings. The first-order valence-corrected chi connectivity index (χ1v) is 7.70. The number of amides is 1. The van der Waals surface area contributed by atoms with Crippen molar-refractivity contribution in [1.29, 1.82) is 0 Å². The lowest BCUT2D eigenvalue weighted by molar-refractivity contribution is 0.0919. The van der Waals surface area contributed by atoms with E-state index >= 15 is 0 Å². The zero-order chi connectivity index (χ0) is 15.1. The van der Waals surface area contributed by atoms with Crippen molar-refractivity contribution in [3.8, 4) is 11.8 Å². The molecule has 1 fully saturated rings. The highest BCUT2D eigenvalue weighted by atomic mass is 16.1. The molecule has 1 aliphatic rings. The van der Waals surface area contributed by atoms with Crippen LogP contribution in [0.1, 0.15) is 54.9 Å². The molecule has 1 amide bonds. The number of benzene rings is 1. The van der Waals surface area contributed by atoms with Crippen molar-refractivity contribution in [2.24, 2.45) is 11.1 Å². The van der Waals surface area contributed by atoms with Gasteiger partial charge in [0, 0.05) is 17.7 Å². The van der Waals surface area contributed by atoms with E-state index in [4.69, 9.17) is 5.73 Å². The Labute approximate surface area is 127 Å². The van der Waals surface area contributed by atoms with Gasteiger partial charge in [-0.1, -0.05) is 38.0 Å². The van der Waals surface area contributed by atoms with Crippen LogP contribution in [-0.2, 0) is 0 Å². The molecule has 0 spiro atoms. The van der Waals surface area contributed by atoms with E-state index < -0.39 is 0 Å². The molecule has 0 unspecified atom stereocenters. The molecule has 21 heavy (non-hydrogen) atoms. The minimum atomic E-state index is 0.000123. The van der Waals surface area contributed by atoms with Crippen LogP contribution in [0.3, 0.4) is 0 Å². The van der Waals surface area contributed by atoms with E-state index in [1.165, 1.54) is 32.1 Å². The molecule has 2 rings (SSSR count). The second kappa shape index (κ2) is 7.28. The minimum Gasteiger partial charge on any atom is -0.351 e. The Bertz CT molecular complexity index is 531. The summed E-state index contributed by atoms with van der Waals surface area (Å²) in [4.78, 5) is 12.2. The van der Waals surface area contributed by atoms with Gasteiger partial charge in [0.1, 0.15) is 0 Å². The Morgan fingerprint density at radius 3 is 2.52 bits per heavy atom. The van der Waals surface area contributed by atoms with Crippen LogP contribution < -0.4 is 11.1 Å². The fourth-order valence-corrected chi connectivity index (χ4v) is 2.84. The molecule has 0 saturated heterocycles. The van der Waals surface area contributed by atoms with Crippen molar-refractivity contribution in [3.05, 3.63) is 35.4 Å². The Kier molecular flexibility index (Phi) is 5.41. The summed E-state index contributed by atoms with van der Waals surface area (Å²) in [6.07, 6.45) is 6.30. The Morgan fingerprint density at radius 2 is 1.90 bits per heavy atom. The van der Waals surface area contributed by atoms with Gasteiger partial charge in [0.25, 0.3) is 5.91 Å². The Morgan fingerprint density at radius 1 is 1.24 bits per heavy atom. The number of carbonyl (C=O) groups excluding carboxylic acids is 1. The zero-order valence-corrected chi connectivity index (χ0v) is 12.7. The van der Waals surface area contributed by atoms with Gasteiger partial charge in [-0.15, -0.1) is 0 Å². The van der Waals surface area contributed by atoms with Crippen molar-refractivity contribution >= 4 is 5.91 Å². The predicted molar refractivity (Wildman–Crippen MR) is 85.9 cm³/mol. The second-order valence-corrected chi connectivity index (χ2v) is 6.14. The molecule has 112 valence electrons. The second-order valence-electron chi connectivity index (χ2n) is 6.14. The first kappa shape index (κ1) is 15.6. The van der Waals surface area contributed by atoms with Crippen LogP contribution in [0.25, 0.3) is 0 Å². The Hall–Kier alpha value is -1.79. The summed E-state index contributed by atoms with van der Waals surface area (Å²) in [5.41, 5.74) is 7.18. The first-order chi connectivity index (χ1) is 10.1. The van der Waals surface area contributed by atoms with E-state index in [9.17, 15) is 4.79 Å². The lowest BCUT2D eigenvalue weighted by Gasteiger charge is -2.33. The van der Waals surface area contributed by atoms with Crippen LogP contribution in [0.4, 0.5) is 0 Å². The summed E-state index contributed by atoms with van der Waals surface area (Å²) < 4.78 is 0. The topological polar surface area (TPSA) is 55.1 Å². The van der Waals surface area contributed by atoms with Crippen LogP contribution in [0.15, 0.2) is 24.3 Å².